The Balaban J connectivity index is 1.80. The third kappa shape index (κ3) is 1.68. The molecule has 1 aromatic rings. The first-order valence-corrected chi connectivity index (χ1v) is 6.92. The van der Waals surface area contributed by atoms with E-state index in [-0.39, 0.29) is 11.6 Å². The molecular weight excluding hydrogens is 221 g/mol. The highest BCUT2D eigenvalue weighted by Gasteiger charge is 2.55. The Hall–Kier alpha value is -0.470. The van der Waals surface area contributed by atoms with E-state index in [1.807, 2.05) is 6.07 Å². The first-order chi connectivity index (χ1) is 7.67. The first kappa shape index (κ1) is 10.7. The van der Waals surface area contributed by atoms with Gasteiger partial charge in [0.25, 0.3) is 0 Å². The number of hydrogen-bond acceptors (Lipinski definition) is 3. The lowest BCUT2D eigenvalue weighted by Gasteiger charge is -2.20. The minimum absolute atomic E-state index is 0.137. The van der Waals surface area contributed by atoms with E-state index in [1.165, 1.54) is 5.56 Å². The second kappa shape index (κ2) is 3.78. The van der Waals surface area contributed by atoms with Crippen molar-refractivity contribution >= 4 is 8.53 Å². The molecule has 3 nitrogen and oxygen atoms in total. The van der Waals surface area contributed by atoms with Gasteiger partial charge in [0.05, 0.1) is 12.1 Å². The Morgan fingerprint density at radius 2 is 2.06 bits per heavy atom. The van der Waals surface area contributed by atoms with Crippen LogP contribution < -0.4 is 0 Å². The summed E-state index contributed by atoms with van der Waals surface area (Å²) < 4.78 is 14.2. The number of benzene rings is 1. The van der Waals surface area contributed by atoms with Gasteiger partial charge in [0, 0.05) is 0 Å². The summed E-state index contributed by atoms with van der Waals surface area (Å²) in [5.41, 5.74) is 1.39. The van der Waals surface area contributed by atoms with E-state index >= 15 is 0 Å². The van der Waals surface area contributed by atoms with Crippen LogP contribution in [0.1, 0.15) is 25.5 Å². The van der Waals surface area contributed by atoms with Crippen LogP contribution >= 0.6 is 8.53 Å². The van der Waals surface area contributed by atoms with Crippen LogP contribution in [0.2, 0.25) is 0 Å². The summed E-state index contributed by atoms with van der Waals surface area (Å²) in [6, 6.07) is 10.4. The zero-order valence-electron chi connectivity index (χ0n) is 9.64. The fourth-order valence-corrected chi connectivity index (χ4v) is 4.38. The van der Waals surface area contributed by atoms with Crippen molar-refractivity contribution in [1.29, 1.82) is 0 Å². The molecule has 0 aliphatic carbocycles. The van der Waals surface area contributed by atoms with Gasteiger partial charge in [-0.3, -0.25) is 0 Å². The molecule has 2 aliphatic rings. The maximum absolute atomic E-state index is 6.01. The van der Waals surface area contributed by atoms with Crippen LogP contribution in [0.3, 0.4) is 0 Å². The van der Waals surface area contributed by atoms with E-state index in [2.05, 4.69) is 42.8 Å². The number of rotatable bonds is 1. The van der Waals surface area contributed by atoms with E-state index in [0.29, 0.717) is 0 Å². The maximum Gasteiger partial charge on any atom is 0.337 e. The molecule has 0 radical (unpaired) electrons. The Kier molecular flexibility index (Phi) is 2.52. The molecule has 2 saturated heterocycles. The summed E-state index contributed by atoms with van der Waals surface area (Å²) >= 11 is 0. The number of nitrogens with zero attached hydrogens (tertiary/aromatic N) is 1. The van der Waals surface area contributed by atoms with Crippen molar-refractivity contribution in [3.05, 3.63) is 35.9 Å². The normalized spacial score (nSPS) is 32.9. The van der Waals surface area contributed by atoms with Gasteiger partial charge >= 0.3 is 8.53 Å². The average molecular weight is 238 g/mol. The van der Waals surface area contributed by atoms with Gasteiger partial charge in [-0.15, -0.1) is 4.67 Å². The molecule has 0 amide bonds. The van der Waals surface area contributed by atoms with Gasteiger partial charge in [-0.2, -0.15) is 9.05 Å². The van der Waals surface area contributed by atoms with Gasteiger partial charge in [-0.1, -0.05) is 30.3 Å². The zero-order valence-corrected chi connectivity index (χ0v) is 10.6. The van der Waals surface area contributed by atoms with Crippen LogP contribution in [0, 0.1) is 0 Å². The quantitative estimate of drug-likeness (QED) is 0.702. The molecular formula is C12H17NO2P+. The Morgan fingerprint density at radius 1 is 1.31 bits per heavy atom. The number of fused-ring (bicyclic) bond motifs is 1. The summed E-state index contributed by atoms with van der Waals surface area (Å²) in [7, 11) is -1.19. The highest BCUT2D eigenvalue weighted by atomic mass is 31.2. The lowest BCUT2D eigenvalue weighted by atomic mass is 10.1. The van der Waals surface area contributed by atoms with E-state index in [0.717, 1.165) is 13.2 Å². The van der Waals surface area contributed by atoms with Crippen LogP contribution in [0.15, 0.2) is 30.3 Å². The fraction of sp³-hybridized carbons (Fsp3) is 0.500. The Bertz CT molecular complexity index is 382. The van der Waals surface area contributed by atoms with Crippen molar-refractivity contribution in [2.24, 2.45) is 0 Å². The summed E-state index contributed by atoms with van der Waals surface area (Å²) in [5, 5.41) is 0. The molecule has 2 atom stereocenters. The minimum Gasteiger partial charge on any atom is -0.187 e. The third-order valence-corrected chi connectivity index (χ3v) is 5.37. The molecule has 1 unspecified atom stereocenters. The topological polar surface area (TPSA) is 21.7 Å². The monoisotopic (exact) mass is 238 g/mol. The van der Waals surface area contributed by atoms with Crippen molar-refractivity contribution in [2.45, 2.75) is 25.5 Å². The maximum atomic E-state index is 6.01. The third-order valence-electron chi connectivity index (χ3n) is 3.26. The molecule has 0 bridgehead atoms. The molecule has 2 aliphatic heterocycles. The predicted octanol–water partition coefficient (Wildman–Crippen LogP) is 2.83. The highest BCUT2D eigenvalue weighted by molar-refractivity contribution is 7.45. The molecule has 16 heavy (non-hydrogen) atoms. The first-order valence-electron chi connectivity index (χ1n) is 5.66. The van der Waals surface area contributed by atoms with Gasteiger partial charge in [-0.25, -0.2) is 0 Å². The zero-order chi connectivity index (χ0) is 11.2. The SMILES string of the molecule is CC1(C)CO[PH+]2O[C@H](c3ccccc3)CN21. The molecule has 86 valence electrons. The van der Waals surface area contributed by atoms with Crippen LogP contribution in [0.25, 0.3) is 0 Å². The van der Waals surface area contributed by atoms with Crippen LogP contribution in [0.4, 0.5) is 0 Å². The largest absolute Gasteiger partial charge is 0.337 e. The van der Waals surface area contributed by atoms with Crippen molar-refractivity contribution in [3.8, 4) is 0 Å². The molecule has 0 N–H and O–H groups in total. The van der Waals surface area contributed by atoms with Crippen molar-refractivity contribution < 1.29 is 9.05 Å². The summed E-state index contributed by atoms with van der Waals surface area (Å²) in [6.45, 7) is 6.21. The molecule has 2 fully saturated rings. The second-order valence-electron chi connectivity index (χ2n) is 4.99. The van der Waals surface area contributed by atoms with Gasteiger partial charge in [-0.05, 0) is 19.4 Å². The smallest absolute Gasteiger partial charge is 0.187 e. The second-order valence-corrected chi connectivity index (χ2v) is 6.59. The van der Waals surface area contributed by atoms with E-state index in [4.69, 9.17) is 9.05 Å². The Morgan fingerprint density at radius 3 is 2.75 bits per heavy atom. The molecule has 0 spiro atoms. The summed E-state index contributed by atoms with van der Waals surface area (Å²) in [5.74, 6) is 0. The standard InChI is InChI=1S/C12H16NO2P/c1-12(2)9-14-16-13(12)8-11(15-16)10-6-4-3-5-7-10/h3-7,11H,8-9H2,1-2H3/p+1/t11-,16?/m0/s1. The minimum atomic E-state index is -1.19. The van der Waals surface area contributed by atoms with Crippen molar-refractivity contribution in [3.63, 3.8) is 0 Å². The molecule has 3 rings (SSSR count). The van der Waals surface area contributed by atoms with E-state index in [1.54, 1.807) is 0 Å². The highest BCUT2D eigenvalue weighted by Crippen LogP contribution is 2.61. The molecule has 2 heterocycles. The van der Waals surface area contributed by atoms with Crippen LogP contribution in [0.5, 0.6) is 0 Å². The van der Waals surface area contributed by atoms with Gasteiger partial charge < -0.3 is 0 Å². The lowest BCUT2D eigenvalue weighted by Crippen LogP contribution is -2.37. The summed E-state index contributed by atoms with van der Waals surface area (Å²) in [6.07, 6.45) is 0.190. The predicted molar refractivity (Wildman–Crippen MR) is 65.3 cm³/mol. The summed E-state index contributed by atoms with van der Waals surface area (Å²) in [4.78, 5) is 0. The van der Waals surface area contributed by atoms with Gasteiger partial charge in [0.1, 0.15) is 12.7 Å². The molecule has 1 aromatic carbocycles. The molecule has 0 saturated carbocycles. The number of hydrogen-bond donors (Lipinski definition) is 0. The van der Waals surface area contributed by atoms with Crippen molar-refractivity contribution in [1.82, 2.24) is 4.67 Å². The van der Waals surface area contributed by atoms with Crippen molar-refractivity contribution in [2.75, 3.05) is 13.2 Å². The molecule has 0 aromatic heterocycles. The van der Waals surface area contributed by atoms with Gasteiger partial charge in [0.15, 0.2) is 0 Å². The fourth-order valence-electron chi connectivity index (χ4n) is 2.23. The van der Waals surface area contributed by atoms with E-state index in [9.17, 15) is 0 Å². The van der Waals surface area contributed by atoms with Crippen LogP contribution in [-0.4, -0.2) is 23.4 Å². The van der Waals surface area contributed by atoms with Crippen LogP contribution in [-0.2, 0) is 9.05 Å². The van der Waals surface area contributed by atoms with E-state index < -0.39 is 8.53 Å². The average Bonchev–Trinajstić information content (AvgIpc) is 2.82. The van der Waals surface area contributed by atoms with Gasteiger partial charge in [0.2, 0.25) is 0 Å². The lowest BCUT2D eigenvalue weighted by molar-refractivity contribution is 0.162. The Labute approximate surface area is 97.3 Å². The molecule has 4 heteroatoms.